The lowest BCUT2D eigenvalue weighted by Gasteiger charge is -2.37. The van der Waals surface area contributed by atoms with Gasteiger partial charge in [-0.2, -0.15) is 0 Å². The van der Waals surface area contributed by atoms with E-state index in [4.69, 9.17) is 0 Å². The molecule has 20 heavy (non-hydrogen) atoms. The van der Waals surface area contributed by atoms with Crippen molar-refractivity contribution in [3.8, 4) is 0 Å². The van der Waals surface area contributed by atoms with Crippen molar-refractivity contribution < 1.29 is 9.90 Å². The number of thiophene rings is 1. The van der Waals surface area contributed by atoms with Crippen LogP contribution in [0.1, 0.15) is 38.6 Å². The molecule has 0 bridgehead atoms. The van der Waals surface area contributed by atoms with Crippen molar-refractivity contribution in [1.29, 1.82) is 0 Å². The Labute approximate surface area is 131 Å². The van der Waals surface area contributed by atoms with Crippen LogP contribution in [0.3, 0.4) is 0 Å². The van der Waals surface area contributed by atoms with Crippen molar-refractivity contribution in [2.45, 2.75) is 39.3 Å². The van der Waals surface area contributed by atoms with E-state index in [9.17, 15) is 9.90 Å². The first kappa shape index (κ1) is 15.3. The monoisotopic (exact) mass is 355 g/mol. The Bertz CT molecular complexity index is 645. The largest absolute Gasteiger partial charge is 0.465 e. The Morgan fingerprint density at radius 2 is 2.00 bits per heavy atom. The zero-order valence-electron chi connectivity index (χ0n) is 12.0. The fourth-order valence-electron chi connectivity index (χ4n) is 2.39. The zero-order chi connectivity index (χ0) is 15.1. The third-order valence-electron chi connectivity index (χ3n) is 3.23. The van der Waals surface area contributed by atoms with E-state index in [1.165, 1.54) is 9.60 Å². The number of rotatable bonds is 2. The highest BCUT2D eigenvalue weighted by molar-refractivity contribution is 9.10. The van der Waals surface area contributed by atoms with Gasteiger partial charge in [-0.05, 0) is 51.3 Å². The number of benzene rings is 1. The maximum atomic E-state index is 11.6. The summed E-state index contributed by atoms with van der Waals surface area (Å²) < 4.78 is 2.21. The highest BCUT2D eigenvalue weighted by Gasteiger charge is 2.32. The van der Waals surface area contributed by atoms with Crippen LogP contribution >= 0.6 is 27.3 Å². The molecule has 0 fully saturated rings. The fraction of sp³-hybridized carbons (Fsp3) is 0.400. The van der Waals surface area contributed by atoms with Crippen molar-refractivity contribution >= 4 is 43.4 Å². The molecule has 108 valence electrons. The van der Waals surface area contributed by atoms with E-state index < -0.39 is 11.6 Å². The average Bonchev–Trinajstić information content (AvgIpc) is 2.69. The molecule has 0 saturated carbocycles. The summed E-state index contributed by atoms with van der Waals surface area (Å²) in [6, 6.07) is 8.04. The molecule has 5 heteroatoms. The third kappa shape index (κ3) is 2.99. The number of hydrogen-bond donors (Lipinski definition) is 1. The van der Waals surface area contributed by atoms with Crippen LogP contribution in [0.15, 0.2) is 28.7 Å². The average molecular weight is 356 g/mol. The van der Waals surface area contributed by atoms with Crippen LogP contribution in [0.5, 0.6) is 0 Å². The highest BCUT2D eigenvalue weighted by Crippen LogP contribution is 2.36. The van der Waals surface area contributed by atoms with Gasteiger partial charge in [-0.15, -0.1) is 11.3 Å². The van der Waals surface area contributed by atoms with Gasteiger partial charge in [0.05, 0.1) is 6.04 Å². The van der Waals surface area contributed by atoms with Gasteiger partial charge in [-0.1, -0.05) is 22.0 Å². The van der Waals surface area contributed by atoms with Crippen LogP contribution < -0.4 is 0 Å². The molecule has 1 unspecified atom stereocenters. The van der Waals surface area contributed by atoms with Crippen LogP contribution in [0.4, 0.5) is 4.79 Å². The van der Waals surface area contributed by atoms with Crippen molar-refractivity contribution in [2.75, 3.05) is 0 Å². The molecule has 0 saturated heterocycles. The predicted octanol–water partition coefficient (Wildman–Crippen LogP) is 5.50. The van der Waals surface area contributed by atoms with Gasteiger partial charge < -0.3 is 5.11 Å². The number of carboxylic acid groups (broad SMARTS) is 1. The lowest BCUT2D eigenvalue weighted by atomic mass is 10.0. The lowest BCUT2D eigenvalue weighted by Crippen LogP contribution is -2.46. The Morgan fingerprint density at radius 3 is 2.55 bits per heavy atom. The molecule has 1 N–H and O–H groups in total. The molecule has 0 aliphatic carbocycles. The van der Waals surface area contributed by atoms with Gasteiger partial charge in [0.25, 0.3) is 0 Å². The first-order valence-corrected chi connectivity index (χ1v) is 8.02. The van der Waals surface area contributed by atoms with Gasteiger partial charge in [-0.25, -0.2) is 4.79 Å². The molecule has 1 aromatic carbocycles. The summed E-state index contributed by atoms with van der Waals surface area (Å²) in [5.74, 6) is 0. The second-order valence-electron chi connectivity index (χ2n) is 5.83. The maximum Gasteiger partial charge on any atom is 0.408 e. The zero-order valence-corrected chi connectivity index (χ0v) is 14.4. The van der Waals surface area contributed by atoms with Gasteiger partial charge in [0.2, 0.25) is 0 Å². The first-order valence-electron chi connectivity index (χ1n) is 6.41. The van der Waals surface area contributed by atoms with Gasteiger partial charge >= 0.3 is 6.09 Å². The molecular weight excluding hydrogens is 338 g/mol. The number of fused-ring (bicyclic) bond motifs is 1. The predicted molar refractivity (Wildman–Crippen MR) is 87.6 cm³/mol. The third-order valence-corrected chi connectivity index (χ3v) is 4.99. The van der Waals surface area contributed by atoms with E-state index in [1.54, 1.807) is 11.3 Å². The first-order chi connectivity index (χ1) is 9.20. The molecule has 3 nitrogen and oxygen atoms in total. The number of carbonyl (C=O) groups is 1. The lowest BCUT2D eigenvalue weighted by molar-refractivity contribution is 0.0763. The minimum Gasteiger partial charge on any atom is -0.465 e. The van der Waals surface area contributed by atoms with Crippen LogP contribution in [0, 0.1) is 0 Å². The summed E-state index contributed by atoms with van der Waals surface area (Å²) >= 11 is 5.11. The molecule has 2 aromatic rings. The standard InChI is InChI=1S/C15H18BrNO2S/c1-9(17(14(18)19)15(2,3)4)12-7-10-5-6-11(16)8-13(10)20-12/h5-9H,1-4H3,(H,18,19). The molecule has 0 aliphatic rings. The molecule has 0 spiro atoms. The van der Waals surface area contributed by atoms with Gasteiger partial charge in [0.15, 0.2) is 0 Å². The van der Waals surface area contributed by atoms with Gasteiger partial charge in [0, 0.05) is 19.6 Å². The van der Waals surface area contributed by atoms with Crippen LogP contribution in [-0.4, -0.2) is 21.6 Å². The summed E-state index contributed by atoms with van der Waals surface area (Å²) in [5, 5.41) is 10.6. The summed E-state index contributed by atoms with van der Waals surface area (Å²) in [6.07, 6.45) is -0.886. The Kier molecular flexibility index (Phi) is 4.12. The van der Waals surface area contributed by atoms with Gasteiger partial charge in [0.1, 0.15) is 0 Å². The smallest absolute Gasteiger partial charge is 0.408 e. The minimum atomic E-state index is -0.886. The topological polar surface area (TPSA) is 40.5 Å². The molecule has 1 heterocycles. The number of amides is 1. The number of hydrogen-bond acceptors (Lipinski definition) is 2. The molecule has 2 rings (SSSR count). The van der Waals surface area contributed by atoms with E-state index in [1.807, 2.05) is 39.8 Å². The van der Waals surface area contributed by atoms with E-state index in [-0.39, 0.29) is 6.04 Å². The second kappa shape index (κ2) is 5.37. The summed E-state index contributed by atoms with van der Waals surface area (Å²) in [4.78, 5) is 14.1. The minimum absolute atomic E-state index is 0.163. The van der Waals surface area contributed by atoms with Gasteiger partial charge in [-0.3, -0.25) is 4.90 Å². The molecule has 0 aliphatic heterocycles. The summed E-state index contributed by atoms with van der Waals surface area (Å²) in [6.45, 7) is 7.70. The SMILES string of the molecule is CC(c1cc2ccc(Br)cc2s1)N(C(=O)O)C(C)(C)C. The normalized spacial score (nSPS) is 13.4. The van der Waals surface area contributed by atoms with Crippen molar-refractivity contribution in [1.82, 2.24) is 4.90 Å². The van der Waals surface area contributed by atoms with E-state index in [0.717, 1.165) is 14.7 Å². The molecule has 0 radical (unpaired) electrons. The van der Waals surface area contributed by atoms with E-state index >= 15 is 0 Å². The van der Waals surface area contributed by atoms with Crippen molar-refractivity contribution in [2.24, 2.45) is 0 Å². The quantitative estimate of drug-likeness (QED) is 0.771. The summed E-state index contributed by atoms with van der Waals surface area (Å²) in [7, 11) is 0. The van der Waals surface area contributed by atoms with Crippen LogP contribution in [-0.2, 0) is 0 Å². The van der Waals surface area contributed by atoms with E-state index in [0.29, 0.717) is 0 Å². The molecule has 1 atom stereocenters. The highest BCUT2D eigenvalue weighted by atomic mass is 79.9. The number of halogens is 1. The Hall–Kier alpha value is -1.07. The summed E-state index contributed by atoms with van der Waals surface area (Å²) in [5.41, 5.74) is -0.429. The molecule has 1 aromatic heterocycles. The van der Waals surface area contributed by atoms with E-state index in [2.05, 4.69) is 28.1 Å². The second-order valence-corrected chi connectivity index (χ2v) is 7.86. The van der Waals surface area contributed by atoms with Crippen molar-refractivity contribution in [3.63, 3.8) is 0 Å². The Morgan fingerprint density at radius 1 is 1.35 bits per heavy atom. The van der Waals surface area contributed by atoms with Crippen molar-refractivity contribution in [3.05, 3.63) is 33.6 Å². The fourth-order valence-corrected chi connectivity index (χ4v) is 4.05. The Balaban J connectivity index is 2.43. The maximum absolute atomic E-state index is 11.6. The molecule has 1 amide bonds. The van der Waals surface area contributed by atoms with Crippen LogP contribution in [0.2, 0.25) is 0 Å². The molecular formula is C15H18BrNO2S. The van der Waals surface area contributed by atoms with Crippen LogP contribution in [0.25, 0.3) is 10.1 Å². The number of nitrogens with zero attached hydrogens (tertiary/aromatic N) is 1.